The second-order valence-electron chi connectivity index (χ2n) is 7.59. The molecule has 2 aromatic rings. The van der Waals surface area contributed by atoms with Crippen LogP contribution in [0.4, 0.5) is 0 Å². The number of benzene rings is 1. The van der Waals surface area contributed by atoms with Gasteiger partial charge in [-0.1, -0.05) is 6.07 Å². The monoisotopic (exact) mass is 371 g/mol. The quantitative estimate of drug-likeness (QED) is 0.748. The molecule has 2 fully saturated rings. The average molecular weight is 371 g/mol. The van der Waals surface area contributed by atoms with Crippen LogP contribution in [0, 0.1) is 0 Å². The Morgan fingerprint density at radius 1 is 1.19 bits per heavy atom. The van der Waals surface area contributed by atoms with Crippen molar-refractivity contribution in [3.8, 4) is 0 Å². The Kier molecular flexibility index (Phi) is 4.61. The van der Waals surface area contributed by atoms with Gasteiger partial charge in [0.25, 0.3) is 0 Å². The van der Waals surface area contributed by atoms with Crippen LogP contribution in [-0.2, 0) is 23.2 Å². The predicted octanol–water partition coefficient (Wildman–Crippen LogP) is 0.111. The molecule has 2 amide bonds. The third kappa shape index (κ3) is 3.30. The molecule has 27 heavy (non-hydrogen) atoms. The number of hydrogen-bond donors (Lipinski definition) is 2. The average Bonchev–Trinajstić information content (AvgIpc) is 2.86. The molecule has 2 atom stereocenters. The van der Waals surface area contributed by atoms with Crippen molar-refractivity contribution in [1.82, 2.24) is 24.7 Å². The highest BCUT2D eigenvalue weighted by Gasteiger charge is 2.31. The Hall–Kier alpha value is -2.45. The summed E-state index contributed by atoms with van der Waals surface area (Å²) in [5, 5.41) is 5.78. The highest BCUT2D eigenvalue weighted by molar-refractivity contribution is 6.00. The molecule has 4 rings (SSSR count). The van der Waals surface area contributed by atoms with Crippen LogP contribution in [0.3, 0.4) is 0 Å². The standard InChI is InChI=1S/C19H25N5O3/c1-12-10-23(8-7-20-12)11-13-3-4-14-16(9-13)22(2)19(27)24(14)15-5-6-17(25)21-18(15)26/h3-4,9,12,15,20H,5-8,10-11H2,1-2H3,(H,21,25,26)/t12-,15?/m0/s1. The number of carbonyl (C=O) groups is 2. The Balaban J connectivity index is 1.67. The molecule has 0 saturated carbocycles. The number of imide groups is 1. The van der Waals surface area contributed by atoms with Gasteiger partial charge >= 0.3 is 5.69 Å². The van der Waals surface area contributed by atoms with Crippen molar-refractivity contribution in [3.63, 3.8) is 0 Å². The van der Waals surface area contributed by atoms with E-state index in [1.54, 1.807) is 11.6 Å². The zero-order chi connectivity index (χ0) is 19.1. The maximum atomic E-state index is 12.8. The third-order valence-corrected chi connectivity index (χ3v) is 5.53. The summed E-state index contributed by atoms with van der Waals surface area (Å²) in [6.07, 6.45) is 0.600. The SMILES string of the molecule is C[C@H]1CN(Cc2ccc3c(c2)n(C)c(=O)n3C2CCC(=O)NC2=O)CCN1. The van der Waals surface area contributed by atoms with Gasteiger partial charge in [-0.05, 0) is 31.0 Å². The molecule has 0 bridgehead atoms. The molecule has 8 nitrogen and oxygen atoms in total. The summed E-state index contributed by atoms with van der Waals surface area (Å²) in [4.78, 5) is 38.9. The van der Waals surface area contributed by atoms with E-state index in [0.29, 0.717) is 12.5 Å². The van der Waals surface area contributed by atoms with Crippen LogP contribution < -0.4 is 16.3 Å². The van der Waals surface area contributed by atoms with Crippen molar-refractivity contribution in [1.29, 1.82) is 0 Å². The topological polar surface area (TPSA) is 88.4 Å². The van der Waals surface area contributed by atoms with Gasteiger partial charge in [-0.15, -0.1) is 0 Å². The zero-order valence-electron chi connectivity index (χ0n) is 15.7. The van der Waals surface area contributed by atoms with E-state index in [9.17, 15) is 14.4 Å². The summed E-state index contributed by atoms with van der Waals surface area (Å²) >= 11 is 0. The molecule has 144 valence electrons. The van der Waals surface area contributed by atoms with Crippen LogP contribution in [0.1, 0.15) is 31.4 Å². The highest BCUT2D eigenvalue weighted by atomic mass is 16.2. The van der Waals surface area contributed by atoms with Gasteiger partial charge in [-0.2, -0.15) is 0 Å². The van der Waals surface area contributed by atoms with Gasteiger partial charge in [0.2, 0.25) is 11.8 Å². The van der Waals surface area contributed by atoms with Gasteiger partial charge < -0.3 is 5.32 Å². The first-order chi connectivity index (χ1) is 12.9. The molecule has 0 spiro atoms. The van der Waals surface area contributed by atoms with Crippen molar-refractivity contribution in [2.75, 3.05) is 19.6 Å². The smallest absolute Gasteiger partial charge is 0.312 e. The van der Waals surface area contributed by atoms with E-state index >= 15 is 0 Å². The summed E-state index contributed by atoms with van der Waals surface area (Å²) in [6.45, 7) is 5.99. The molecular formula is C19H25N5O3. The third-order valence-electron chi connectivity index (χ3n) is 5.53. The first-order valence-corrected chi connectivity index (χ1v) is 9.43. The molecule has 1 aromatic carbocycles. The number of aromatic nitrogens is 2. The second-order valence-corrected chi connectivity index (χ2v) is 7.59. The molecule has 0 radical (unpaired) electrons. The molecule has 3 heterocycles. The number of amides is 2. The lowest BCUT2D eigenvalue weighted by molar-refractivity contribution is -0.135. The fourth-order valence-corrected chi connectivity index (χ4v) is 4.15. The van der Waals surface area contributed by atoms with Gasteiger partial charge in [0, 0.05) is 45.7 Å². The van der Waals surface area contributed by atoms with E-state index in [-0.39, 0.29) is 18.0 Å². The summed E-state index contributed by atoms with van der Waals surface area (Å²) in [7, 11) is 1.73. The number of fused-ring (bicyclic) bond motifs is 1. The molecule has 1 aromatic heterocycles. The maximum absolute atomic E-state index is 12.8. The fraction of sp³-hybridized carbons (Fsp3) is 0.526. The number of rotatable bonds is 3. The molecule has 2 N–H and O–H groups in total. The van der Waals surface area contributed by atoms with Crippen LogP contribution >= 0.6 is 0 Å². The first-order valence-electron chi connectivity index (χ1n) is 9.43. The first kappa shape index (κ1) is 17.9. The number of imidazole rings is 1. The Labute approximate surface area is 157 Å². The number of piperazine rings is 1. The van der Waals surface area contributed by atoms with E-state index in [4.69, 9.17) is 0 Å². The lowest BCUT2D eigenvalue weighted by Gasteiger charge is -2.31. The molecule has 1 unspecified atom stereocenters. The van der Waals surface area contributed by atoms with Gasteiger partial charge in [-0.3, -0.25) is 28.9 Å². The summed E-state index contributed by atoms with van der Waals surface area (Å²) in [5.41, 5.74) is 2.46. The summed E-state index contributed by atoms with van der Waals surface area (Å²) in [5.74, 6) is -0.684. The predicted molar refractivity (Wildman–Crippen MR) is 101 cm³/mol. The minimum absolute atomic E-state index is 0.229. The van der Waals surface area contributed by atoms with Crippen molar-refractivity contribution in [3.05, 3.63) is 34.2 Å². The van der Waals surface area contributed by atoms with Gasteiger partial charge in [-0.25, -0.2) is 4.79 Å². The normalized spacial score (nSPS) is 24.4. The van der Waals surface area contributed by atoms with Crippen LogP contribution in [-0.4, -0.2) is 51.5 Å². The summed E-state index contributed by atoms with van der Waals surface area (Å²) < 4.78 is 3.11. The second kappa shape index (κ2) is 6.94. The van der Waals surface area contributed by atoms with Crippen molar-refractivity contribution >= 4 is 22.8 Å². The number of nitrogens with one attached hydrogen (secondary N) is 2. The van der Waals surface area contributed by atoms with Crippen LogP contribution in [0.2, 0.25) is 0 Å². The van der Waals surface area contributed by atoms with E-state index in [0.717, 1.165) is 42.8 Å². The Morgan fingerprint density at radius 3 is 2.74 bits per heavy atom. The fourth-order valence-electron chi connectivity index (χ4n) is 4.15. The lowest BCUT2D eigenvalue weighted by Crippen LogP contribution is -2.48. The van der Waals surface area contributed by atoms with Crippen molar-refractivity contribution < 1.29 is 9.59 Å². The van der Waals surface area contributed by atoms with E-state index in [2.05, 4.69) is 22.5 Å². The Bertz CT molecular complexity index is 960. The van der Waals surface area contributed by atoms with E-state index in [1.807, 2.05) is 18.2 Å². The lowest BCUT2D eigenvalue weighted by atomic mass is 10.1. The number of nitrogens with zero attached hydrogens (tertiary/aromatic N) is 3. The van der Waals surface area contributed by atoms with Crippen molar-refractivity contribution in [2.45, 2.75) is 38.4 Å². The number of hydrogen-bond acceptors (Lipinski definition) is 5. The Morgan fingerprint density at radius 2 is 2.00 bits per heavy atom. The molecule has 8 heteroatoms. The highest BCUT2D eigenvalue weighted by Crippen LogP contribution is 2.24. The van der Waals surface area contributed by atoms with E-state index < -0.39 is 11.9 Å². The van der Waals surface area contributed by atoms with Crippen LogP contribution in [0.15, 0.2) is 23.0 Å². The molecular weight excluding hydrogens is 346 g/mol. The minimum Gasteiger partial charge on any atom is -0.312 e. The minimum atomic E-state index is -0.640. The number of aryl methyl sites for hydroxylation is 1. The molecule has 0 aliphatic carbocycles. The molecule has 2 saturated heterocycles. The number of carbonyl (C=O) groups excluding carboxylic acids is 2. The van der Waals surface area contributed by atoms with Gasteiger partial charge in [0.1, 0.15) is 6.04 Å². The molecule has 2 aliphatic heterocycles. The van der Waals surface area contributed by atoms with Gasteiger partial charge in [0.15, 0.2) is 0 Å². The zero-order valence-corrected chi connectivity index (χ0v) is 15.7. The van der Waals surface area contributed by atoms with E-state index in [1.165, 1.54) is 4.57 Å². The summed E-state index contributed by atoms with van der Waals surface area (Å²) in [6, 6.07) is 5.81. The number of piperidine rings is 1. The van der Waals surface area contributed by atoms with Gasteiger partial charge in [0.05, 0.1) is 11.0 Å². The largest absolute Gasteiger partial charge is 0.329 e. The molecule has 2 aliphatic rings. The maximum Gasteiger partial charge on any atom is 0.329 e. The van der Waals surface area contributed by atoms with Crippen LogP contribution in [0.25, 0.3) is 11.0 Å². The van der Waals surface area contributed by atoms with Crippen molar-refractivity contribution in [2.24, 2.45) is 7.05 Å². The van der Waals surface area contributed by atoms with Crippen LogP contribution in [0.5, 0.6) is 0 Å².